The van der Waals surface area contributed by atoms with Crippen LogP contribution < -0.4 is 4.74 Å². The molecule has 0 N–H and O–H groups in total. The largest absolute Gasteiger partial charge is 0.488 e. The van der Waals surface area contributed by atoms with E-state index in [4.69, 9.17) is 4.74 Å². The number of rotatable bonds is 5. The average Bonchev–Trinajstić information content (AvgIpc) is 2.43. The van der Waals surface area contributed by atoms with Crippen LogP contribution in [-0.2, 0) is 6.61 Å². The summed E-state index contributed by atoms with van der Waals surface area (Å²) in [5, 5.41) is 0. The van der Waals surface area contributed by atoms with Crippen LogP contribution in [0.4, 0.5) is 8.78 Å². The molecule has 2 rings (SSSR count). The zero-order valence-electron chi connectivity index (χ0n) is 11.0. The van der Waals surface area contributed by atoms with Crippen molar-refractivity contribution in [2.75, 3.05) is 0 Å². The lowest BCUT2D eigenvalue weighted by molar-refractivity contribution is 0.0983. The van der Waals surface area contributed by atoms with E-state index >= 15 is 0 Å². The smallest absolute Gasteiger partial charge is 0.166 e. The first-order chi connectivity index (χ1) is 9.60. The molecule has 0 bridgehead atoms. The summed E-state index contributed by atoms with van der Waals surface area (Å²) in [5.41, 5.74) is 0.855. The first-order valence-corrected chi connectivity index (χ1v) is 6.30. The highest BCUT2D eigenvalue weighted by molar-refractivity contribution is 5.98. The molecule has 0 unspecified atom stereocenters. The number of carbonyl (C=O) groups is 1. The fourth-order valence-corrected chi connectivity index (χ4v) is 1.87. The molecule has 0 aliphatic rings. The standard InChI is InChI=1S/C16H14F2O2/c1-2-15(19)14-5-3-4-6-16(14)20-10-11-7-12(17)9-13(18)8-11/h3-9H,2,10H2,1H3. The Hall–Kier alpha value is -2.23. The Balaban J connectivity index is 2.16. The van der Waals surface area contributed by atoms with Crippen molar-refractivity contribution in [1.82, 2.24) is 0 Å². The zero-order chi connectivity index (χ0) is 14.5. The highest BCUT2D eigenvalue weighted by Crippen LogP contribution is 2.21. The minimum atomic E-state index is -0.651. The van der Waals surface area contributed by atoms with Crippen LogP contribution in [0, 0.1) is 11.6 Å². The van der Waals surface area contributed by atoms with E-state index in [1.165, 1.54) is 12.1 Å². The van der Waals surface area contributed by atoms with Crippen LogP contribution in [0.1, 0.15) is 29.3 Å². The Morgan fingerprint density at radius 3 is 2.40 bits per heavy atom. The molecule has 0 fully saturated rings. The molecule has 0 radical (unpaired) electrons. The molecule has 0 aliphatic carbocycles. The molecular formula is C16H14F2O2. The molecule has 0 saturated carbocycles. The monoisotopic (exact) mass is 276 g/mol. The Morgan fingerprint density at radius 2 is 1.75 bits per heavy atom. The lowest BCUT2D eigenvalue weighted by Gasteiger charge is -2.10. The maximum atomic E-state index is 13.1. The molecule has 2 aromatic carbocycles. The van der Waals surface area contributed by atoms with E-state index in [1.807, 2.05) is 0 Å². The van der Waals surface area contributed by atoms with Gasteiger partial charge >= 0.3 is 0 Å². The number of benzene rings is 2. The molecule has 20 heavy (non-hydrogen) atoms. The van der Waals surface area contributed by atoms with Gasteiger partial charge in [-0.1, -0.05) is 19.1 Å². The molecule has 104 valence electrons. The third-order valence-corrected chi connectivity index (χ3v) is 2.83. The SMILES string of the molecule is CCC(=O)c1ccccc1OCc1cc(F)cc(F)c1. The van der Waals surface area contributed by atoms with Crippen molar-refractivity contribution in [3.8, 4) is 5.75 Å². The van der Waals surface area contributed by atoms with E-state index in [9.17, 15) is 13.6 Å². The van der Waals surface area contributed by atoms with Crippen LogP contribution >= 0.6 is 0 Å². The van der Waals surface area contributed by atoms with Gasteiger partial charge in [0, 0.05) is 12.5 Å². The van der Waals surface area contributed by atoms with Gasteiger partial charge in [-0.25, -0.2) is 8.78 Å². The summed E-state index contributed by atoms with van der Waals surface area (Å²) in [6.07, 6.45) is 0.370. The molecule has 2 nitrogen and oxygen atoms in total. The summed E-state index contributed by atoms with van der Waals surface area (Å²) in [6.45, 7) is 1.77. The zero-order valence-corrected chi connectivity index (χ0v) is 11.0. The molecular weight excluding hydrogens is 262 g/mol. The minimum absolute atomic E-state index is 0.00267. The van der Waals surface area contributed by atoms with Gasteiger partial charge in [0.15, 0.2) is 5.78 Å². The maximum absolute atomic E-state index is 13.1. The van der Waals surface area contributed by atoms with E-state index in [-0.39, 0.29) is 12.4 Å². The maximum Gasteiger partial charge on any atom is 0.166 e. The fourth-order valence-electron chi connectivity index (χ4n) is 1.87. The first kappa shape index (κ1) is 14.2. The van der Waals surface area contributed by atoms with Gasteiger partial charge in [0.05, 0.1) is 5.56 Å². The highest BCUT2D eigenvalue weighted by Gasteiger charge is 2.10. The molecule has 0 aliphatic heterocycles. The van der Waals surface area contributed by atoms with E-state index in [0.29, 0.717) is 23.3 Å². The highest BCUT2D eigenvalue weighted by atomic mass is 19.1. The minimum Gasteiger partial charge on any atom is -0.488 e. The van der Waals surface area contributed by atoms with Gasteiger partial charge in [-0.3, -0.25) is 4.79 Å². The lowest BCUT2D eigenvalue weighted by Crippen LogP contribution is -2.03. The number of halogens is 2. The molecule has 0 heterocycles. The number of hydrogen-bond donors (Lipinski definition) is 0. The van der Waals surface area contributed by atoms with Crippen LogP contribution in [0.3, 0.4) is 0 Å². The van der Waals surface area contributed by atoms with Gasteiger partial charge in [-0.15, -0.1) is 0 Å². The van der Waals surface area contributed by atoms with Crippen LogP contribution in [0.15, 0.2) is 42.5 Å². The number of hydrogen-bond acceptors (Lipinski definition) is 2. The van der Waals surface area contributed by atoms with Crippen LogP contribution in [0.2, 0.25) is 0 Å². The van der Waals surface area contributed by atoms with E-state index in [2.05, 4.69) is 0 Å². The lowest BCUT2D eigenvalue weighted by atomic mass is 10.1. The van der Waals surface area contributed by atoms with Crippen molar-refractivity contribution in [1.29, 1.82) is 0 Å². The summed E-state index contributed by atoms with van der Waals surface area (Å²) in [7, 11) is 0. The fraction of sp³-hybridized carbons (Fsp3) is 0.188. The second kappa shape index (κ2) is 6.28. The quantitative estimate of drug-likeness (QED) is 0.767. The van der Waals surface area contributed by atoms with Gasteiger partial charge in [-0.2, -0.15) is 0 Å². The van der Waals surface area contributed by atoms with Crippen molar-refractivity contribution in [3.05, 3.63) is 65.2 Å². The molecule has 0 aromatic heterocycles. The number of ether oxygens (including phenoxy) is 1. The van der Waals surface area contributed by atoms with Crippen molar-refractivity contribution in [3.63, 3.8) is 0 Å². The number of ketones is 1. The normalized spacial score (nSPS) is 10.3. The van der Waals surface area contributed by atoms with Crippen molar-refractivity contribution >= 4 is 5.78 Å². The van der Waals surface area contributed by atoms with Crippen LogP contribution in [0.25, 0.3) is 0 Å². The first-order valence-electron chi connectivity index (χ1n) is 6.30. The second-order valence-corrected chi connectivity index (χ2v) is 4.34. The third-order valence-electron chi connectivity index (χ3n) is 2.83. The summed E-state index contributed by atoms with van der Waals surface area (Å²) >= 11 is 0. The molecule has 0 amide bonds. The van der Waals surface area contributed by atoms with Crippen LogP contribution in [0.5, 0.6) is 5.75 Å². The Morgan fingerprint density at radius 1 is 1.10 bits per heavy atom. The summed E-state index contributed by atoms with van der Waals surface area (Å²) in [6, 6.07) is 10.0. The van der Waals surface area contributed by atoms with Gasteiger partial charge in [0.2, 0.25) is 0 Å². The molecule has 4 heteroatoms. The Kier molecular flexibility index (Phi) is 4.45. The summed E-state index contributed by atoms with van der Waals surface area (Å²) < 4.78 is 31.6. The number of carbonyl (C=O) groups excluding carboxylic acids is 1. The van der Waals surface area contributed by atoms with Gasteiger partial charge in [0.1, 0.15) is 24.0 Å². The van der Waals surface area contributed by atoms with Gasteiger partial charge < -0.3 is 4.74 Å². The van der Waals surface area contributed by atoms with Crippen molar-refractivity contribution in [2.45, 2.75) is 20.0 Å². The number of Topliss-reactive ketones (excluding diaryl/α,β-unsaturated/α-hetero) is 1. The van der Waals surface area contributed by atoms with Crippen molar-refractivity contribution in [2.24, 2.45) is 0 Å². The number of para-hydroxylation sites is 1. The molecule has 0 spiro atoms. The third kappa shape index (κ3) is 3.41. The van der Waals surface area contributed by atoms with E-state index in [0.717, 1.165) is 6.07 Å². The van der Waals surface area contributed by atoms with E-state index in [1.54, 1.807) is 31.2 Å². The van der Waals surface area contributed by atoms with Gasteiger partial charge in [-0.05, 0) is 29.8 Å². The molecule has 0 atom stereocenters. The van der Waals surface area contributed by atoms with Crippen LogP contribution in [-0.4, -0.2) is 5.78 Å². The second-order valence-electron chi connectivity index (χ2n) is 4.34. The average molecular weight is 276 g/mol. The predicted molar refractivity (Wildman–Crippen MR) is 71.8 cm³/mol. The predicted octanol–water partition coefficient (Wildman–Crippen LogP) is 4.14. The Bertz CT molecular complexity index is 603. The molecule has 2 aromatic rings. The summed E-state index contributed by atoms with van der Waals surface area (Å²) in [5.74, 6) is -0.918. The van der Waals surface area contributed by atoms with E-state index < -0.39 is 11.6 Å². The van der Waals surface area contributed by atoms with Gasteiger partial charge in [0.25, 0.3) is 0 Å². The topological polar surface area (TPSA) is 26.3 Å². The summed E-state index contributed by atoms with van der Waals surface area (Å²) in [4.78, 5) is 11.8. The molecule has 0 saturated heterocycles. The Labute approximate surface area is 116 Å². The van der Waals surface area contributed by atoms with Crippen molar-refractivity contribution < 1.29 is 18.3 Å².